The number of carbonyl (C=O) groups excluding carboxylic acids is 1. The molecule has 0 aliphatic heterocycles. The van der Waals surface area contributed by atoms with Crippen LogP contribution in [0, 0.1) is 13.8 Å². The van der Waals surface area contributed by atoms with E-state index in [1.807, 2.05) is 36.7 Å². The Kier molecular flexibility index (Phi) is 4.70. The normalized spacial score (nSPS) is 10.4. The molecule has 2 rings (SSSR count). The second-order valence-corrected chi connectivity index (χ2v) is 5.30. The molecule has 110 valence electrons. The summed E-state index contributed by atoms with van der Waals surface area (Å²) < 4.78 is 1.83. The molecule has 0 spiro atoms. The van der Waals surface area contributed by atoms with E-state index in [2.05, 4.69) is 10.4 Å². The first kappa shape index (κ1) is 15.2. The zero-order valence-electron chi connectivity index (χ0n) is 12.1. The predicted molar refractivity (Wildman–Crippen MR) is 87.3 cm³/mol. The van der Waals surface area contributed by atoms with Crippen LogP contribution in [-0.2, 0) is 11.3 Å². The van der Waals surface area contributed by atoms with Gasteiger partial charge >= 0.3 is 0 Å². The number of aromatic nitrogens is 2. The van der Waals surface area contributed by atoms with Crippen molar-refractivity contribution in [1.29, 1.82) is 0 Å². The zero-order valence-corrected chi connectivity index (χ0v) is 12.9. The third-order valence-corrected chi connectivity index (χ3v) is 3.34. The summed E-state index contributed by atoms with van der Waals surface area (Å²) in [6.45, 7) is 4.45. The Balaban J connectivity index is 1.99. The van der Waals surface area contributed by atoms with Gasteiger partial charge in [-0.25, -0.2) is 0 Å². The van der Waals surface area contributed by atoms with Crippen molar-refractivity contribution in [3.05, 3.63) is 47.3 Å². The average molecular weight is 302 g/mol. The van der Waals surface area contributed by atoms with E-state index in [4.69, 9.17) is 18.0 Å². The Bertz CT molecular complexity index is 678. The first-order chi connectivity index (χ1) is 9.97. The molecule has 0 bridgehead atoms. The number of carbonyl (C=O) groups is 1. The Morgan fingerprint density at radius 2 is 2.10 bits per heavy atom. The van der Waals surface area contributed by atoms with E-state index in [1.54, 1.807) is 12.1 Å². The van der Waals surface area contributed by atoms with Crippen molar-refractivity contribution in [2.45, 2.75) is 26.8 Å². The van der Waals surface area contributed by atoms with Gasteiger partial charge in [0.1, 0.15) is 4.99 Å². The van der Waals surface area contributed by atoms with Gasteiger partial charge in [-0.15, -0.1) is 0 Å². The standard InChI is InChI=1S/C15H18N4OS/c1-10-9-11(2)19(18-10)8-7-14(20)17-13-6-4-3-5-12(13)15(16)21/h3-6,9H,7-8H2,1-2H3,(H2,16,21)(H,17,20). The summed E-state index contributed by atoms with van der Waals surface area (Å²) in [5, 5.41) is 7.17. The number of benzene rings is 1. The van der Waals surface area contributed by atoms with E-state index >= 15 is 0 Å². The first-order valence-corrected chi connectivity index (χ1v) is 7.08. The van der Waals surface area contributed by atoms with Crippen molar-refractivity contribution in [1.82, 2.24) is 9.78 Å². The van der Waals surface area contributed by atoms with Crippen molar-refractivity contribution in [2.24, 2.45) is 5.73 Å². The summed E-state index contributed by atoms with van der Waals surface area (Å²) in [5.41, 5.74) is 8.95. The largest absolute Gasteiger partial charge is 0.389 e. The Morgan fingerprint density at radius 3 is 2.71 bits per heavy atom. The smallest absolute Gasteiger partial charge is 0.226 e. The molecular formula is C15H18N4OS. The van der Waals surface area contributed by atoms with Gasteiger partial charge in [0.25, 0.3) is 0 Å². The quantitative estimate of drug-likeness (QED) is 0.830. The minimum absolute atomic E-state index is 0.0914. The molecule has 3 N–H and O–H groups in total. The fourth-order valence-corrected chi connectivity index (χ4v) is 2.31. The van der Waals surface area contributed by atoms with Crippen LogP contribution in [0.1, 0.15) is 23.4 Å². The number of nitrogens with one attached hydrogen (secondary N) is 1. The summed E-state index contributed by atoms with van der Waals surface area (Å²) in [6.07, 6.45) is 0.341. The molecule has 0 unspecified atom stereocenters. The molecule has 1 heterocycles. The van der Waals surface area contributed by atoms with Crippen LogP contribution in [0.4, 0.5) is 5.69 Å². The van der Waals surface area contributed by atoms with Gasteiger partial charge in [-0.05, 0) is 32.0 Å². The highest BCUT2D eigenvalue weighted by Gasteiger charge is 2.09. The van der Waals surface area contributed by atoms with Crippen molar-refractivity contribution >= 4 is 28.8 Å². The lowest BCUT2D eigenvalue weighted by Crippen LogP contribution is -2.19. The maximum atomic E-state index is 12.0. The van der Waals surface area contributed by atoms with E-state index in [9.17, 15) is 4.79 Å². The predicted octanol–water partition coefficient (Wildman–Crippen LogP) is 2.16. The molecule has 0 aliphatic rings. The molecule has 0 radical (unpaired) electrons. The van der Waals surface area contributed by atoms with Crippen LogP contribution in [0.5, 0.6) is 0 Å². The molecule has 0 aliphatic carbocycles. The summed E-state index contributed by atoms with van der Waals surface area (Å²) in [5.74, 6) is -0.0914. The number of hydrogen-bond donors (Lipinski definition) is 2. The topological polar surface area (TPSA) is 72.9 Å². The number of thiocarbonyl (C=S) groups is 1. The number of anilines is 1. The monoisotopic (exact) mass is 302 g/mol. The SMILES string of the molecule is Cc1cc(C)n(CCC(=O)Nc2ccccc2C(N)=S)n1. The van der Waals surface area contributed by atoms with Gasteiger partial charge in [-0.2, -0.15) is 5.10 Å². The fourth-order valence-electron chi connectivity index (χ4n) is 2.13. The van der Waals surface area contributed by atoms with Crippen molar-refractivity contribution < 1.29 is 4.79 Å². The fraction of sp³-hybridized carbons (Fsp3) is 0.267. The number of nitrogens with two attached hydrogens (primary N) is 1. The van der Waals surface area contributed by atoms with E-state index in [1.165, 1.54) is 0 Å². The maximum Gasteiger partial charge on any atom is 0.226 e. The van der Waals surface area contributed by atoms with Gasteiger partial charge in [0.05, 0.1) is 11.4 Å². The molecule has 1 aromatic heterocycles. The molecule has 5 nitrogen and oxygen atoms in total. The summed E-state index contributed by atoms with van der Waals surface area (Å²) >= 11 is 4.98. The summed E-state index contributed by atoms with van der Waals surface area (Å²) in [6, 6.07) is 9.23. The molecule has 0 saturated heterocycles. The maximum absolute atomic E-state index is 12.0. The molecule has 1 aromatic carbocycles. The van der Waals surface area contributed by atoms with Gasteiger partial charge < -0.3 is 11.1 Å². The molecule has 0 atom stereocenters. The highest BCUT2D eigenvalue weighted by atomic mass is 32.1. The molecule has 0 fully saturated rings. The van der Waals surface area contributed by atoms with Crippen LogP contribution in [0.2, 0.25) is 0 Å². The number of aryl methyl sites for hydroxylation is 3. The lowest BCUT2D eigenvalue weighted by molar-refractivity contribution is -0.116. The van der Waals surface area contributed by atoms with Crippen LogP contribution in [-0.4, -0.2) is 20.7 Å². The highest BCUT2D eigenvalue weighted by Crippen LogP contribution is 2.15. The molecule has 2 aromatic rings. The number of nitrogens with zero attached hydrogens (tertiary/aromatic N) is 2. The lowest BCUT2D eigenvalue weighted by Gasteiger charge is -2.10. The first-order valence-electron chi connectivity index (χ1n) is 6.67. The van der Waals surface area contributed by atoms with Crippen LogP contribution in [0.25, 0.3) is 0 Å². The molecular weight excluding hydrogens is 284 g/mol. The van der Waals surface area contributed by atoms with Crippen molar-refractivity contribution in [3.8, 4) is 0 Å². The Labute approximate surface area is 129 Å². The zero-order chi connectivity index (χ0) is 15.4. The summed E-state index contributed by atoms with van der Waals surface area (Å²) in [4.78, 5) is 12.3. The Hall–Kier alpha value is -2.21. The third kappa shape index (κ3) is 3.88. The van der Waals surface area contributed by atoms with Crippen LogP contribution in [0.3, 0.4) is 0 Å². The van der Waals surface area contributed by atoms with Crippen LogP contribution in [0.15, 0.2) is 30.3 Å². The molecule has 0 saturated carbocycles. The van der Waals surface area contributed by atoms with Gasteiger partial charge in [0, 0.05) is 24.2 Å². The summed E-state index contributed by atoms with van der Waals surface area (Å²) in [7, 11) is 0. The van der Waals surface area contributed by atoms with Gasteiger partial charge in [-0.1, -0.05) is 24.4 Å². The highest BCUT2D eigenvalue weighted by molar-refractivity contribution is 7.80. The van der Waals surface area contributed by atoms with Crippen molar-refractivity contribution in [2.75, 3.05) is 5.32 Å². The van der Waals surface area contributed by atoms with Gasteiger partial charge in [0.2, 0.25) is 5.91 Å². The number of rotatable bonds is 5. The van der Waals surface area contributed by atoms with Crippen molar-refractivity contribution in [3.63, 3.8) is 0 Å². The Morgan fingerprint density at radius 1 is 1.38 bits per heavy atom. The number of para-hydroxylation sites is 1. The molecule has 1 amide bonds. The third-order valence-electron chi connectivity index (χ3n) is 3.12. The number of hydrogen-bond acceptors (Lipinski definition) is 3. The van der Waals surface area contributed by atoms with E-state index in [0.29, 0.717) is 24.2 Å². The minimum Gasteiger partial charge on any atom is -0.389 e. The van der Waals surface area contributed by atoms with Crippen LogP contribution < -0.4 is 11.1 Å². The lowest BCUT2D eigenvalue weighted by atomic mass is 10.1. The number of amides is 1. The molecule has 21 heavy (non-hydrogen) atoms. The minimum atomic E-state index is -0.0914. The average Bonchev–Trinajstić information content (AvgIpc) is 2.75. The van der Waals surface area contributed by atoms with Gasteiger partial charge in [0.15, 0.2) is 0 Å². The van der Waals surface area contributed by atoms with Gasteiger partial charge in [-0.3, -0.25) is 9.48 Å². The molecule has 6 heteroatoms. The van der Waals surface area contributed by atoms with E-state index < -0.39 is 0 Å². The van der Waals surface area contributed by atoms with Crippen LogP contribution >= 0.6 is 12.2 Å². The van der Waals surface area contributed by atoms with E-state index in [-0.39, 0.29) is 10.9 Å². The van der Waals surface area contributed by atoms with E-state index in [0.717, 1.165) is 11.4 Å². The second-order valence-electron chi connectivity index (χ2n) is 4.86. The second kappa shape index (κ2) is 6.49.